The van der Waals surface area contributed by atoms with Crippen LogP contribution >= 0.6 is 11.5 Å². The molecule has 7 nitrogen and oxygen atoms in total. The van der Waals surface area contributed by atoms with Crippen LogP contribution in [0.2, 0.25) is 0 Å². The van der Waals surface area contributed by atoms with Crippen LogP contribution in [0.5, 0.6) is 0 Å². The van der Waals surface area contributed by atoms with Gasteiger partial charge in [-0.15, -0.1) is 10.2 Å². The van der Waals surface area contributed by atoms with Gasteiger partial charge in [0.2, 0.25) is 5.82 Å². The van der Waals surface area contributed by atoms with Gasteiger partial charge < -0.3 is 5.32 Å². The topological polar surface area (TPSA) is 96.5 Å². The Morgan fingerprint density at radius 3 is 3.07 bits per heavy atom. The molecule has 8 heteroatoms. The van der Waals surface area contributed by atoms with Gasteiger partial charge in [-0.1, -0.05) is 4.49 Å². The molecule has 2 heterocycles. The van der Waals surface area contributed by atoms with Gasteiger partial charge in [0, 0.05) is 11.5 Å². The van der Waals surface area contributed by atoms with Gasteiger partial charge in [-0.25, -0.2) is 4.98 Å². The highest BCUT2D eigenvalue weighted by Gasteiger charge is 2.11. The number of rotatable bonds is 2. The van der Waals surface area contributed by atoms with Crippen molar-refractivity contribution < 1.29 is 4.79 Å². The number of carbonyl (C=O) groups is 1. The van der Waals surface area contributed by atoms with Crippen molar-refractivity contribution in [3.8, 4) is 0 Å². The van der Waals surface area contributed by atoms with Crippen LogP contribution in [0.25, 0.3) is 0 Å². The first kappa shape index (κ1) is 8.75. The summed E-state index contributed by atoms with van der Waals surface area (Å²) >= 11 is 1.09. The molecule has 2 aromatic heterocycles. The smallest absolute Gasteiger partial charge is 0.296 e. The molecule has 0 aromatic carbocycles. The highest BCUT2D eigenvalue weighted by atomic mass is 32.1. The van der Waals surface area contributed by atoms with Gasteiger partial charge in [0.05, 0.1) is 6.20 Å². The Kier molecular flexibility index (Phi) is 2.19. The standard InChI is InChI=1S/C6H6N6OS/c1-3-8-5(11-10-3)6(13)9-4-2-7-12-14-4/h2H,1H3,(H,9,13)(H,8,10,11). The average molecular weight is 210 g/mol. The Bertz CT molecular complexity index is 435. The Labute approximate surface area is 82.7 Å². The molecule has 0 unspecified atom stereocenters. The minimum absolute atomic E-state index is 0.107. The predicted molar refractivity (Wildman–Crippen MR) is 49.0 cm³/mol. The molecule has 14 heavy (non-hydrogen) atoms. The van der Waals surface area contributed by atoms with Gasteiger partial charge in [0.25, 0.3) is 5.91 Å². The van der Waals surface area contributed by atoms with Crippen molar-refractivity contribution in [1.29, 1.82) is 0 Å². The molecule has 0 fully saturated rings. The summed E-state index contributed by atoms with van der Waals surface area (Å²) in [5.41, 5.74) is 0. The molecule has 0 aliphatic rings. The number of aryl methyl sites for hydroxylation is 1. The van der Waals surface area contributed by atoms with E-state index in [0.29, 0.717) is 10.8 Å². The zero-order chi connectivity index (χ0) is 9.97. The number of nitrogens with one attached hydrogen (secondary N) is 2. The molecule has 72 valence electrons. The molecule has 0 bridgehead atoms. The zero-order valence-electron chi connectivity index (χ0n) is 7.18. The zero-order valence-corrected chi connectivity index (χ0v) is 8.00. The minimum atomic E-state index is -0.375. The second kappa shape index (κ2) is 3.50. The third-order valence-corrected chi connectivity index (χ3v) is 1.98. The second-order valence-electron chi connectivity index (χ2n) is 2.48. The third kappa shape index (κ3) is 1.74. The largest absolute Gasteiger partial charge is 0.308 e. The van der Waals surface area contributed by atoms with Crippen LogP contribution < -0.4 is 5.32 Å². The average Bonchev–Trinajstić information content (AvgIpc) is 2.75. The molecular formula is C6H6N6OS. The van der Waals surface area contributed by atoms with Crippen LogP contribution in [0, 0.1) is 6.92 Å². The van der Waals surface area contributed by atoms with Crippen molar-refractivity contribution in [2.24, 2.45) is 0 Å². The van der Waals surface area contributed by atoms with Gasteiger partial charge in [-0.3, -0.25) is 9.89 Å². The molecule has 2 N–H and O–H groups in total. The maximum absolute atomic E-state index is 11.4. The first-order chi connectivity index (χ1) is 6.75. The van der Waals surface area contributed by atoms with E-state index in [1.807, 2.05) is 0 Å². The summed E-state index contributed by atoms with van der Waals surface area (Å²) in [7, 11) is 0. The molecule has 2 aromatic rings. The van der Waals surface area contributed by atoms with Crippen molar-refractivity contribution in [2.45, 2.75) is 6.92 Å². The molecule has 0 aliphatic heterocycles. The number of amides is 1. The Balaban J connectivity index is 2.10. The molecule has 0 radical (unpaired) electrons. The number of hydrogen-bond acceptors (Lipinski definition) is 6. The lowest BCUT2D eigenvalue weighted by Crippen LogP contribution is -2.12. The fourth-order valence-corrected chi connectivity index (χ4v) is 1.25. The third-order valence-electron chi connectivity index (χ3n) is 1.40. The van der Waals surface area contributed by atoms with Gasteiger partial charge in [-0.05, 0) is 6.92 Å². The van der Waals surface area contributed by atoms with Crippen molar-refractivity contribution >= 4 is 22.4 Å². The van der Waals surface area contributed by atoms with E-state index in [-0.39, 0.29) is 11.7 Å². The maximum atomic E-state index is 11.4. The Morgan fingerprint density at radius 1 is 1.64 bits per heavy atom. The van der Waals surface area contributed by atoms with E-state index in [0.717, 1.165) is 11.5 Å². The number of anilines is 1. The summed E-state index contributed by atoms with van der Waals surface area (Å²) in [6.07, 6.45) is 1.46. The fourth-order valence-electron chi connectivity index (χ4n) is 0.834. The summed E-state index contributed by atoms with van der Waals surface area (Å²) in [5, 5.41) is 13.0. The second-order valence-corrected chi connectivity index (χ2v) is 3.27. The summed E-state index contributed by atoms with van der Waals surface area (Å²) in [6.45, 7) is 1.72. The van der Waals surface area contributed by atoms with E-state index in [1.54, 1.807) is 6.92 Å². The Hall–Kier alpha value is -1.83. The highest BCUT2D eigenvalue weighted by Crippen LogP contribution is 2.09. The number of aromatic nitrogens is 5. The summed E-state index contributed by atoms with van der Waals surface area (Å²) in [6, 6.07) is 0. The van der Waals surface area contributed by atoms with Crippen LogP contribution in [0.15, 0.2) is 6.20 Å². The first-order valence-electron chi connectivity index (χ1n) is 3.73. The van der Waals surface area contributed by atoms with Crippen LogP contribution in [0.4, 0.5) is 5.00 Å². The SMILES string of the molecule is Cc1nc(C(=O)Nc2cnns2)n[nH]1. The molecule has 0 aliphatic carbocycles. The summed E-state index contributed by atoms with van der Waals surface area (Å²) in [4.78, 5) is 15.3. The molecule has 2 rings (SSSR count). The molecule has 0 atom stereocenters. The van der Waals surface area contributed by atoms with Crippen LogP contribution in [0.1, 0.15) is 16.4 Å². The van der Waals surface area contributed by atoms with Crippen molar-refractivity contribution in [3.05, 3.63) is 17.8 Å². The number of aromatic amines is 1. The summed E-state index contributed by atoms with van der Waals surface area (Å²) < 4.78 is 3.60. The van der Waals surface area contributed by atoms with Gasteiger partial charge in [-0.2, -0.15) is 0 Å². The predicted octanol–water partition coefficient (Wildman–Crippen LogP) is 0.217. The highest BCUT2D eigenvalue weighted by molar-refractivity contribution is 7.10. The van der Waals surface area contributed by atoms with Gasteiger partial charge >= 0.3 is 0 Å². The van der Waals surface area contributed by atoms with Gasteiger partial charge in [0.15, 0.2) is 0 Å². The van der Waals surface area contributed by atoms with Crippen LogP contribution in [-0.2, 0) is 0 Å². The first-order valence-corrected chi connectivity index (χ1v) is 4.51. The van der Waals surface area contributed by atoms with Crippen molar-refractivity contribution in [3.63, 3.8) is 0 Å². The van der Waals surface area contributed by atoms with Crippen LogP contribution in [-0.4, -0.2) is 30.7 Å². The van der Waals surface area contributed by atoms with E-state index >= 15 is 0 Å². The van der Waals surface area contributed by atoms with E-state index in [9.17, 15) is 4.79 Å². The van der Waals surface area contributed by atoms with Crippen molar-refractivity contribution in [1.82, 2.24) is 24.8 Å². The number of H-pyrrole nitrogens is 1. The molecule has 0 spiro atoms. The van der Waals surface area contributed by atoms with E-state index in [2.05, 4.69) is 30.1 Å². The van der Waals surface area contributed by atoms with E-state index in [4.69, 9.17) is 0 Å². The molecule has 1 amide bonds. The Morgan fingerprint density at radius 2 is 2.50 bits per heavy atom. The minimum Gasteiger partial charge on any atom is -0.308 e. The lowest BCUT2D eigenvalue weighted by molar-refractivity contribution is 0.101. The maximum Gasteiger partial charge on any atom is 0.296 e. The quantitative estimate of drug-likeness (QED) is 0.738. The van der Waals surface area contributed by atoms with E-state index in [1.165, 1.54) is 6.20 Å². The summed E-state index contributed by atoms with van der Waals surface area (Å²) in [5.74, 6) is 0.328. The number of hydrogen-bond donors (Lipinski definition) is 2. The van der Waals surface area contributed by atoms with Gasteiger partial charge in [0.1, 0.15) is 10.8 Å². The van der Waals surface area contributed by atoms with E-state index < -0.39 is 0 Å². The van der Waals surface area contributed by atoms with Crippen LogP contribution in [0.3, 0.4) is 0 Å². The molecular weight excluding hydrogens is 204 g/mol. The van der Waals surface area contributed by atoms with Crippen molar-refractivity contribution in [2.75, 3.05) is 5.32 Å². The fraction of sp³-hybridized carbons (Fsp3) is 0.167. The number of nitrogens with zero attached hydrogens (tertiary/aromatic N) is 4. The monoisotopic (exact) mass is 210 g/mol. The lowest BCUT2D eigenvalue weighted by Gasteiger charge is -1.94. The number of carbonyl (C=O) groups excluding carboxylic acids is 1. The molecule has 0 saturated carbocycles. The molecule has 0 saturated heterocycles. The normalized spacial score (nSPS) is 10.1. The lowest BCUT2D eigenvalue weighted by atomic mass is 10.5.